The van der Waals surface area contributed by atoms with Gasteiger partial charge in [-0.3, -0.25) is 43.2 Å². The maximum Gasteiger partial charge on any atom is 0.326 e. The van der Waals surface area contributed by atoms with Gasteiger partial charge in [-0.1, -0.05) is 93.1 Å². The van der Waals surface area contributed by atoms with Crippen molar-refractivity contribution in [2.45, 2.75) is 139 Å². The zero-order valence-electron chi connectivity index (χ0n) is 46.3. The molecule has 1 fully saturated rings. The van der Waals surface area contributed by atoms with Crippen molar-refractivity contribution in [3.05, 3.63) is 120 Å². The van der Waals surface area contributed by atoms with Crippen molar-refractivity contribution < 1.29 is 63.3 Å². The highest BCUT2D eigenvalue weighted by atomic mass is 32.1. The van der Waals surface area contributed by atoms with Crippen LogP contribution in [0, 0.1) is 5.92 Å². The Morgan fingerprint density at radius 3 is 1.69 bits per heavy atom. The van der Waals surface area contributed by atoms with Crippen LogP contribution in [0.3, 0.4) is 0 Å². The highest BCUT2D eigenvalue weighted by Gasteiger charge is 2.41. The second-order valence-corrected chi connectivity index (χ2v) is 21.2. The summed E-state index contributed by atoms with van der Waals surface area (Å²) >= 11 is 4.28. The van der Waals surface area contributed by atoms with Crippen molar-refractivity contribution in [3.8, 4) is 5.75 Å². The zero-order valence-corrected chi connectivity index (χ0v) is 47.2. The maximum absolute atomic E-state index is 14.6. The van der Waals surface area contributed by atoms with Crippen molar-refractivity contribution in [1.82, 2.24) is 52.1 Å². The normalized spacial score (nSPS) is 15.9. The summed E-state index contributed by atoms with van der Waals surface area (Å²) in [6, 6.07) is 10.7. The first-order valence-corrected chi connectivity index (χ1v) is 28.1. The van der Waals surface area contributed by atoms with Crippen LogP contribution in [0.2, 0.25) is 0 Å². The van der Waals surface area contributed by atoms with E-state index in [1.54, 1.807) is 74.5 Å². The summed E-state index contributed by atoms with van der Waals surface area (Å²) in [6.07, 6.45) is 3.44. The molecule has 0 bridgehead atoms. The zero-order chi connectivity index (χ0) is 60.6. The fourth-order valence-electron chi connectivity index (χ4n) is 9.33. The summed E-state index contributed by atoms with van der Waals surface area (Å²) in [5, 5.41) is 47.9. The van der Waals surface area contributed by atoms with E-state index in [9.17, 15) is 63.3 Å². The van der Waals surface area contributed by atoms with Crippen LogP contribution in [0.4, 0.5) is 0 Å². The number of thiol groups is 1. The lowest BCUT2D eigenvalue weighted by Crippen LogP contribution is -2.61. The van der Waals surface area contributed by atoms with Gasteiger partial charge in [-0.15, -0.1) is 0 Å². The summed E-state index contributed by atoms with van der Waals surface area (Å²) in [5.74, 6) is -10.2. The average Bonchev–Trinajstić information content (AvgIpc) is 4.20. The molecule has 3 aromatic carbocycles. The number of nitrogens with zero attached hydrogens (tertiary/aromatic N) is 2. The number of nitrogens with two attached hydrogens (primary N) is 2. The third-order valence-corrected chi connectivity index (χ3v) is 14.1. The van der Waals surface area contributed by atoms with Crippen LogP contribution in [-0.2, 0) is 73.6 Å². The predicted molar refractivity (Wildman–Crippen MR) is 307 cm³/mol. The van der Waals surface area contributed by atoms with E-state index in [2.05, 4.69) is 59.8 Å². The number of H-pyrrole nitrogens is 1. The number of aliphatic carboxylic acids is 2. The van der Waals surface area contributed by atoms with Crippen LogP contribution in [0.1, 0.15) is 81.2 Å². The first kappa shape index (κ1) is 65.5. The molecular weight excluding hydrogens is 1090 g/mol. The lowest BCUT2D eigenvalue weighted by Gasteiger charge is -2.31. The molecule has 1 aliphatic heterocycles. The number of aromatic hydroxyl groups is 1. The number of carboxylic acid groups (broad SMARTS) is 2. The van der Waals surface area contributed by atoms with E-state index in [4.69, 9.17) is 11.5 Å². The fourth-order valence-corrected chi connectivity index (χ4v) is 9.59. The second kappa shape index (κ2) is 32.9. The molecule has 83 heavy (non-hydrogen) atoms. The summed E-state index contributed by atoms with van der Waals surface area (Å²) in [4.78, 5) is 146. The largest absolute Gasteiger partial charge is 0.508 e. The smallest absolute Gasteiger partial charge is 0.326 e. The maximum atomic E-state index is 14.6. The van der Waals surface area contributed by atoms with Crippen LogP contribution in [-0.4, -0.2) is 163 Å². The van der Waals surface area contributed by atoms with Gasteiger partial charge in [-0.05, 0) is 73.4 Å². The number of carbonyl (C=O) groups excluding carboxylic acids is 8. The number of carboxylic acids is 2. The van der Waals surface area contributed by atoms with E-state index in [1.165, 1.54) is 41.7 Å². The molecule has 8 amide bonds. The van der Waals surface area contributed by atoms with Crippen LogP contribution < -0.4 is 48.7 Å². The van der Waals surface area contributed by atoms with Crippen LogP contribution in [0.15, 0.2) is 97.5 Å². The molecule has 0 aliphatic carbocycles. The minimum Gasteiger partial charge on any atom is -0.508 e. The highest BCUT2D eigenvalue weighted by molar-refractivity contribution is 7.80. The summed E-state index contributed by atoms with van der Waals surface area (Å²) in [6.45, 7) is 4.09. The van der Waals surface area contributed by atoms with Gasteiger partial charge in [0.2, 0.25) is 47.3 Å². The topological polar surface area (TPSA) is 400 Å². The molecule has 26 heteroatoms. The monoisotopic (exact) mass is 1170 g/mol. The van der Waals surface area contributed by atoms with E-state index in [-0.39, 0.29) is 63.2 Å². The van der Waals surface area contributed by atoms with E-state index >= 15 is 0 Å². The number of hydrogen-bond donors (Lipinski definition) is 14. The SMILES string of the molecule is CC(C)C[C@H](NC(=O)[C@H](Cc1ccccc1)NC(=O)[C@H](CS)NC(=O)[C@H](CC(=O)O)NC(=O)[C@H](Cc1ccc(O)cc1)NC(=O)[C@@H](N)CCCCN)C(=O)N[C@@H](Cc1cnc[nH]1)C(=O)N1CCC[C@H]1C(=O)N[C@@H](Cc1ccccc1)C(=O)O. The van der Waals surface area contributed by atoms with Crippen molar-refractivity contribution in [1.29, 1.82) is 0 Å². The molecule has 448 valence electrons. The Morgan fingerprint density at radius 1 is 0.639 bits per heavy atom. The first-order valence-electron chi connectivity index (χ1n) is 27.4. The van der Waals surface area contributed by atoms with E-state index in [0.29, 0.717) is 48.2 Å². The van der Waals surface area contributed by atoms with E-state index < -0.39 is 126 Å². The Kier molecular flexibility index (Phi) is 26.0. The number of aromatic amines is 1. The van der Waals surface area contributed by atoms with E-state index in [1.807, 2.05) is 0 Å². The van der Waals surface area contributed by atoms with Gasteiger partial charge in [0.1, 0.15) is 54.1 Å². The van der Waals surface area contributed by atoms with Crippen molar-refractivity contribution in [2.24, 2.45) is 17.4 Å². The average molecular weight is 1170 g/mol. The number of phenols is 1. The van der Waals surface area contributed by atoms with Gasteiger partial charge in [-0.25, -0.2) is 9.78 Å². The molecule has 0 radical (unpaired) electrons. The molecule has 25 nitrogen and oxygen atoms in total. The summed E-state index contributed by atoms with van der Waals surface area (Å²) in [7, 11) is 0. The molecular formula is C57H76N12O13S. The van der Waals surface area contributed by atoms with Gasteiger partial charge in [0.25, 0.3) is 0 Å². The molecule has 9 atom stereocenters. The van der Waals surface area contributed by atoms with E-state index in [0.717, 1.165) is 0 Å². The van der Waals surface area contributed by atoms with Gasteiger partial charge < -0.3 is 73.9 Å². The minimum atomic E-state index is -1.82. The third-order valence-electron chi connectivity index (χ3n) is 13.7. The number of hydrogen-bond acceptors (Lipinski definition) is 15. The standard InChI is InChI=1S/C57H76N12O13S/c1-33(2)24-40(50(74)66-44(28-37-30-60-32-61-37)56(80)69-23-11-17-47(69)55(79)67-45(57(81)82)27-35-14-7-4-8-15-35)63-52(76)42(25-34-12-5-3-6-13-34)64-54(78)46(31-83)68-53(77)43(29-48(71)72)65-51(75)41(26-36-18-20-38(70)21-19-36)62-49(73)39(59)16-9-10-22-58/h3-8,12-15,18-21,30,32-33,39-47,70,83H,9-11,16-17,22-29,31,58-59H2,1-2H3,(H,60,61)(H,62,73)(H,63,76)(H,64,78)(H,65,75)(H,66,74)(H,67,79)(H,68,77)(H,71,72)(H,81,82)/t39-,40-,41-,42-,43-,44-,45-,46-,47-/m0/s1. The number of likely N-dealkylation sites (tertiary alicyclic amines) is 1. The molecule has 1 aromatic heterocycles. The molecule has 0 spiro atoms. The Balaban J connectivity index is 1.33. The fraction of sp³-hybridized carbons (Fsp3) is 0.456. The van der Waals surface area contributed by atoms with Crippen molar-refractivity contribution >= 4 is 71.8 Å². The number of aromatic nitrogens is 2. The van der Waals surface area contributed by atoms with Crippen LogP contribution in [0.25, 0.3) is 0 Å². The number of nitrogens with one attached hydrogen (secondary N) is 8. The lowest BCUT2D eigenvalue weighted by atomic mass is 10.00. The predicted octanol–water partition coefficient (Wildman–Crippen LogP) is -0.238. The molecule has 4 aromatic rings. The minimum absolute atomic E-state index is 0.00824. The number of unbranched alkanes of at least 4 members (excludes halogenated alkanes) is 1. The molecule has 1 aliphatic rings. The number of imidazole rings is 1. The van der Waals surface area contributed by atoms with Crippen LogP contribution >= 0.6 is 12.6 Å². The molecule has 5 rings (SSSR count). The number of benzene rings is 3. The van der Waals surface area contributed by atoms with Gasteiger partial charge in [0.15, 0.2) is 0 Å². The van der Waals surface area contributed by atoms with Gasteiger partial charge in [-0.2, -0.15) is 12.6 Å². The highest BCUT2D eigenvalue weighted by Crippen LogP contribution is 2.21. The van der Waals surface area contributed by atoms with Gasteiger partial charge in [0.05, 0.1) is 18.8 Å². The van der Waals surface area contributed by atoms with Gasteiger partial charge in [0, 0.05) is 49.9 Å². The number of phenolic OH excluding ortho intramolecular Hbond substituents is 1. The number of amides is 8. The lowest BCUT2D eigenvalue weighted by molar-refractivity contribution is -0.145. The molecule has 0 unspecified atom stereocenters. The second-order valence-electron chi connectivity index (χ2n) is 20.8. The van der Waals surface area contributed by atoms with Gasteiger partial charge >= 0.3 is 11.9 Å². The summed E-state index contributed by atoms with van der Waals surface area (Å²) < 4.78 is 0. The first-order chi connectivity index (χ1) is 39.6. The number of carbonyl (C=O) groups is 10. The summed E-state index contributed by atoms with van der Waals surface area (Å²) in [5.41, 5.74) is 13.9. The van der Waals surface area contributed by atoms with Crippen LogP contribution in [0.5, 0.6) is 5.75 Å². The third kappa shape index (κ3) is 21.2. The molecule has 15 N–H and O–H groups in total. The van der Waals surface area contributed by atoms with Crippen molar-refractivity contribution in [2.75, 3.05) is 18.8 Å². The molecule has 0 saturated carbocycles. The Morgan fingerprint density at radius 2 is 1.14 bits per heavy atom. The quantitative estimate of drug-likeness (QED) is 0.0216. The molecule has 2 heterocycles. The Hall–Kier alpha value is -8.36. The Bertz CT molecular complexity index is 2810. The number of rotatable bonds is 33. The van der Waals surface area contributed by atoms with Crippen molar-refractivity contribution in [3.63, 3.8) is 0 Å². The Labute approximate surface area is 486 Å². The molecule has 1 saturated heterocycles.